The van der Waals surface area contributed by atoms with Crippen LogP contribution < -0.4 is 0 Å². The Bertz CT molecular complexity index is 722. The molecule has 0 aliphatic rings. The van der Waals surface area contributed by atoms with E-state index in [1.165, 1.54) is 70.6 Å². The summed E-state index contributed by atoms with van der Waals surface area (Å²) in [6.45, 7) is 2.26. The van der Waals surface area contributed by atoms with E-state index in [4.69, 9.17) is 4.42 Å². The summed E-state index contributed by atoms with van der Waals surface area (Å²) in [5.41, 5.74) is 0.838. The zero-order chi connectivity index (χ0) is 21.3. The summed E-state index contributed by atoms with van der Waals surface area (Å²) in [4.78, 5) is 12.2. The largest absolute Gasteiger partial charge is 0.414 e. The third-order valence-corrected chi connectivity index (χ3v) is 5.35. The highest BCUT2D eigenvalue weighted by Gasteiger charge is 2.15. The van der Waals surface area contributed by atoms with E-state index in [9.17, 15) is 4.79 Å². The quantitative estimate of drug-likeness (QED) is 0.151. The Hall–Kier alpha value is -2.23. The molecule has 0 saturated carbocycles. The summed E-state index contributed by atoms with van der Waals surface area (Å²) in [6, 6.07) is 9.54. The number of Topliss-reactive ketones (excluding diaryl/α,β-unsaturated/α-hetero) is 1. The SMILES string of the molecule is CCCCCCCCC=CCCCCCCCC(=O)c1nnc(-c2ccccc2)o1. The summed E-state index contributed by atoms with van der Waals surface area (Å²) >= 11 is 0. The fourth-order valence-corrected chi connectivity index (χ4v) is 3.50. The molecule has 0 amide bonds. The van der Waals surface area contributed by atoms with Gasteiger partial charge in [0.05, 0.1) is 0 Å². The van der Waals surface area contributed by atoms with Crippen molar-refractivity contribution in [2.75, 3.05) is 0 Å². The Labute approximate surface area is 182 Å². The van der Waals surface area contributed by atoms with Crippen LogP contribution >= 0.6 is 0 Å². The van der Waals surface area contributed by atoms with Crippen molar-refractivity contribution in [2.24, 2.45) is 0 Å². The molecule has 0 atom stereocenters. The standard InChI is InChI=1S/C26H38N2O2/c1-2-3-4-5-6-7-8-9-10-11-12-13-14-15-19-22-24(29)26-28-27-25(30-26)23-20-17-16-18-21-23/h9-10,16-18,20-21H,2-8,11-15,19,22H2,1H3. The number of aromatic nitrogens is 2. The van der Waals surface area contributed by atoms with Crippen molar-refractivity contribution < 1.29 is 9.21 Å². The van der Waals surface area contributed by atoms with Gasteiger partial charge < -0.3 is 4.42 Å². The van der Waals surface area contributed by atoms with Gasteiger partial charge in [-0.1, -0.05) is 88.6 Å². The van der Waals surface area contributed by atoms with Crippen molar-refractivity contribution >= 4 is 5.78 Å². The zero-order valence-corrected chi connectivity index (χ0v) is 18.7. The molecule has 1 aromatic carbocycles. The molecule has 0 N–H and O–H groups in total. The van der Waals surface area contributed by atoms with E-state index in [0.29, 0.717) is 12.3 Å². The maximum Gasteiger partial charge on any atom is 0.284 e. The van der Waals surface area contributed by atoms with Gasteiger partial charge in [-0.2, -0.15) is 0 Å². The monoisotopic (exact) mass is 410 g/mol. The summed E-state index contributed by atoms with van der Waals surface area (Å²) in [6.07, 6.45) is 21.4. The molecular formula is C26H38N2O2. The van der Waals surface area contributed by atoms with Gasteiger partial charge in [0.1, 0.15) is 0 Å². The van der Waals surface area contributed by atoms with Crippen LogP contribution in [-0.2, 0) is 0 Å². The predicted octanol–water partition coefficient (Wildman–Crippen LogP) is 7.96. The Morgan fingerprint density at radius 3 is 2.07 bits per heavy atom. The van der Waals surface area contributed by atoms with Gasteiger partial charge in [-0.15, -0.1) is 10.2 Å². The lowest BCUT2D eigenvalue weighted by Gasteiger charge is -2.00. The number of carbonyl (C=O) groups is 1. The van der Waals surface area contributed by atoms with Crippen LogP contribution in [0.3, 0.4) is 0 Å². The maximum atomic E-state index is 12.2. The van der Waals surface area contributed by atoms with Crippen molar-refractivity contribution in [1.82, 2.24) is 10.2 Å². The molecule has 30 heavy (non-hydrogen) atoms. The summed E-state index contributed by atoms with van der Waals surface area (Å²) < 4.78 is 5.53. The Morgan fingerprint density at radius 2 is 1.40 bits per heavy atom. The molecule has 0 saturated heterocycles. The molecule has 1 heterocycles. The van der Waals surface area contributed by atoms with Crippen molar-refractivity contribution in [1.29, 1.82) is 0 Å². The minimum absolute atomic E-state index is 0.0534. The highest BCUT2D eigenvalue weighted by molar-refractivity contribution is 5.91. The van der Waals surface area contributed by atoms with Crippen LogP contribution in [0.2, 0.25) is 0 Å². The topological polar surface area (TPSA) is 56.0 Å². The molecule has 4 nitrogen and oxygen atoms in total. The van der Waals surface area contributed by atoms with Crippen LogP contribution in [0.15, 0.2) is 46.9 Å². The Morgan fingerprint density at radius 1 is 0.800 bits per heavy atom. The fraction of sp³-hybridized carbons (Fsp3) is 0.577. The lowest BCUT2D eigenvalue weighted by Crippen LogP contribution is -1.99. The molecule has 164 valence electrons. The molecule has 0 radical (unpaired) electrons. The lowest BCUT2D eigenvalue weighted by molar-refractivity contribution is 0.0946. The van der Waals surface area contributed by atoms with Crippen LogP contribution in [0.4, 0.5) is 0 Å². The first kappa shape index (κ1) is 24.0. The predicted molar refractivity (Wildman–Crippen MR) is 124 cm³/mol. The third-order valence-electron chi connectivity index (χ3n) is 5.35. The zero-order valence-electron chi connectivity index (χ0n) is 18.7. The van der Waals surface area contributed by atoms with Gasteiger partial charge in [0, 0.05) is 12.0 Å². The van der Waals surface area contributed by atoms with Crippen molar-refractivity contribution in [3.8, 4) is 11.5 Å². The van der Waals surface area contributed by atoms with Crippen LogP contribution in [0.1, 0.15) is 108 Å². The summed E-state index contributed by atoms with van der Waals surface area (Å²) in [5.74, 6) is 0.482. The van der Waals surface area contributed by atoms with Crippen LogP contribution in [0.5, 0.6) is 0 Å². The summed E-state index contributed by atoms with van der Waals surface area (Å²) in [5, 5.41) is 7.89. The molecule has 0 spiro atoms. The van der Waals surface area contributed by atoms with Gasteiger partial charge in [-0.3, -0.25) is 4.79 Å². The van der Waals surface area contributed by atoms with Gasteiger partial charge >= 0.3 is 0 Å². The first-order chi connectivity index (χ1) is 14.8. The second kappa shape index (κ2) is 15.6. The minimum Gasteiger partial charge on any atom is -0.414 e. The van der Waals surface area contributed by atoms with Gasteiger partial charge in [0.15, 0.2) is 0 Å². The van der Waals surface area contributed by atoms with Gasteiger partial charge in [-0.25, -0.2) is 0 Å². The van der Waals surface area contributed by atoms with E-state index in [0.717, 1.165) is 18.4 Å². The number of hydrogen-bond donors (Lipinski definition) is 0. The molecule has 0 fully saturated rings. The normalized spacial score (nSPS) is 11.4. The van der Waals surface area contributed by atoms with E-state index in [2.05, 4.69) is 29.3 Å². The number of allylic oxidation sites excluding steroid dienone is 2. The molecule has 0 unspecified atom stereocenters. The number of carbonyl (C=O) groups excluding carboxylic acids is 1. The Kier molecular flexibility index (Phi) is 12.5. The lowest BCUT2D eigenvalue weighted by atomic mass is 10.1. The number of rotatable bonds is 17. The number of hydrogen-bond acceptors (Lipinski definition) is 4. The number of benzene rings is 1. The second-order valence-corrected chi connectivity index (χ2v) is 8.04. The van der Waals surface area contributed by atoms with E-state index < -0.39 is 0 Å². The molecule has 2 aromatic rings. The molecule has 0 aliphatic carbocycles. The molecule has 1 aromatic heterocycles. The maximum absolute atomic E-state index is 12.2. The molecule has 2 rings (SSSR count). The molecule has 0 aliphatic heterocycles. The average molecular weight is 411 g/mol. The van der Waals surface area contributed by atoms with Crippen molar-refractivity contribution in [3.05, 3.63) is 48.4 Å². The minimum atomic E-state index is -0.0534. The average Bonchev–Trinajstić information content (AvgIpc) is 3.27. The van der Waals surface area contributed by atoms with Gasteiger partial charge in [0.25, 0.3) is 5.89 Å². The van der Waals surface area contributed by atoms with Gasteiger partial charge in [0.2, 0.25) is 11.7 Å². The fourth-order valence-electron chi connectivity index (χ4n) is 3.50. The Balaban J connectivity index is 1.45. The summed E-state index contributed by atoms with van der Waals surface area (Å²) in [7, 11) is 0. The number of nitrogens with zero attached hydrogens (tertiary/aromatic N) is 2. The van der Waals surface area contributed by atoms with Crippen molar-refractivity contribution in [3.63, 3.8) is 0 Å². The number of unbranched alkanes of at least 4 members (excludes halogenated alkanes) is 11. The van der Waals surface area contributed by atoms with E-state index in [-0.39, 0.29) is 11.7 Å². The first-order valence-corrected chi connectivity index (χ1v) is 11.9. The van der Waals surface area contributed by atoms with E-state index in [1.54, 1.807) is 0 Å². The first-order valence-electron chi connectivity index (χ1n) is 11.9. The van der Waals surface area contributed by atoms with Crippen LogP contribution in [0.25, 0.3) is 11.5 Å². The highest BCUT2D eigenvalue weighted by atomic mass is 16.4. The molecule has 4 heteroatoms. The number of ketones is 1. The van der Waals surface area contributed by atoms with E-state index >= 15 is 0 Å². The van der Waals surface area contributed by atoms with Crippen LogP contribution in [-0.4, -0.2) is 16.0 Å². The third kappa shape index (κ3) is 10.00. The molecular weight excluding hydrogens is 372 g/mol. The highest BCUT2D eigenvalue weighted by Crippen LogP contribution is 2.18. The van der Waals surface area contributed by atoms with E-state index in [1.807, 2.05) is 30.3 Å². The smallest absolute Gasteiger partial charge is 0.284 e. The van der Waals surface area contributed by atoms with Crippen LogP contribution in [0, 0.1) is 0 Å². The van der Waals surface area contributed by atoms with Gasteiger partial charge in [-0.05, 0) is 44.2 Å². The van der Waals surface area contributed by atoms with Crippen molar-refractivity contribution in [2.45, 2.75) is 96.8 Å². The molecule has 0 bridgehead atoms. The second-order valence-electron chi connectivity index (χ2n) is 8.04.